The Hall–Kier alpha value is -1.15. The van der Waals surface area contributed by atoms with Crippen molar-refractivity contribution in [3.8, 4) is 0 Å². The third-order valence-corrected chi connectivity index (χ3v) is 2.44. The van der Waals surface area contributed by atoms with E-state index in [2.05, 4.69) is 25.2 Å². The van der Waals surface area contributed by atoms with Crippen LogP contribution in [0, 0.1) is 6.92 Å². The number of hydrogen-bond acceptors (Lipinski definition) is 2. The van der Waals surface area contributed by atoms with Gasteiger partial charge in [0.05, 0.1) is 0 Å². The second-order valence-electron chi connectivity index (χ2n) is 4.56. The van der Waals surface area contributed by atoms with E-state index in [0.717, 1.165) is 12.1 Å². The third-order valence-electron chi connectivity index (χ3n) is 2.44. The molecule has 16 heavy (non-hydrogen) atoms. The fourth-order valence-corrected chi connectivity index (χ4v) is 1.64. The Bertz CT molecular complexity index is 344. The largest absolute Gasteiger partial charge is 0.314 e. The number of benzene rings is 1. The Morgan fingerprint density at radius 2 is 2.12 bits per heavy atom. The summed E-state index contributed by atoms with van der Waals surface area (Å²) >= 11 is 0. The first-order valence-electron chi connectivity index (χ1n) is 5.88. The molecule has 0 saturated carbocycles. The summed E-state index contributed by atoms with van der Waals surface area (Å²) in [5.74, 6) is 0.304. The van der Waals surface area contributed by atoms with Gasteiger partial charge in [0.25, 0.3) is 0 Å². The molecule has 0 aliphatic carbocycles. The van der Waals surface area contributed by atoms with Gasteiger partial charge >= 0.3 is 0 Å². The minimum atomic E-state index is 0.304. The maximum Gasteiger partial charge on any atom is 0.138 e. The summed E-state index contributed by atoms with van der Waals surface area (Å²) in [5, 5.41) is 3.25. The predicted octanol–water partition coefficient (Wildman–Crippen LogP) is 2.49. The van der Waals surface area contributed by atoms with Crippen LogP contribution in [0.25, 0.3) is 0 Å². The van der Waals surface area contributed by atoms with Crippen molar-refractivity contribution >= 4 is 5.78 Å². The Morgan fingerprint density at radius 1 is 1.38 bits per heavy atom. The predicted molar refractivity (Wildman–Crippen MR) is 67.6 cm³/mol. The van der Waals surface area contributed by atoms with E-state index < -0.39 is 0 Å². The highest BCUT2D eigenvalue weighted by molar-refractivity contribution is 5.81. The molecule has 0 fully saturated rings. The van der Waals surface area contributed by atoms with E-state index in [9.17, 15) is 4.79 Å². The van der Waals surface area contributed by atoms with Gasteiger partial charge in [0.15, 0.2) is 0 Å². The van der Waals surface area contributed by atoms with Crippen LogP contribution in [-0.2, 0) is 11.2 Å². The molecule has 0 atom stereocenters. The SMILES string of the molecule is Cc1cccc(CC(=O)CCNC(C)C)c1. The Labute approximate surface area is 98.1 Å². The fraction of sp³-hybridized carbons (Fsp3) is 0.500. The van der Waals surface area contributed by atoms with Gasteiger partial charge in [0.1, 0.15) is 5.78 Å². The summed E-state index contributed by atoms with van der Waals surface area (Å²) in [5.41, 5.74) is 2.33. The lowest BCUT2D eigenvalue weighted by Gasteiger charge is -2.07. The Kier molecular flexibility index (Phi) is 5.20. The van der Waals surface area contributed by atoms with Crippen molar-refractivity contribution in [2.24, 2.45) is 0 Å². The summed E-state index contributed by atoms with van der Waals surface area (Å²) in [4.78, 5) is 11.7. The van der Waals surface area contributed by atoms with Crippen LogP contribution in [0.3, 0.4) is 0 Å². The zero-order valence-corrected chi connectivity index (χ0v) is 10.4. The summed E-state index contributed by atoms with van der Waals surface area (Å²) in [7, 11) is 0. The average molecular weight is 219 g/mol. The van der Waals surface area contributed by atoms with Gasteiger partial charge in [-0.05, 0) is 12.5 Å². The lowest BCUT2D eigenvalue weighted by atomic mass is 10.0. The normalized spacial score (nSPS) is 10.8. The number of ketones is 1. The molecule has 0 bridgehead atoms. The second kappa shape index (κ2) is 6.44. The number of carbonyl (C=O) groups is 1. The molecule has 0 unspecified atom stereocenters. The van der Waals surface area contributed by atoms with Gasteiger partial charge in [-0.2, -0.15) is 0 Å². The van der Waals surface area contributed by atoms with Crippen LogP contribution in [0.4, 0.5) is 0 Å². The number of nitrogens with one attached hydrogen (secondary N) is 1. The molecule has 1 N–H and O–H groups in total. The van der Waals surface area contributed by atoms with Gasteiger partial charge < -0.3 is 5.32 Å². The average Bonchev–Trinajstić information content (AvgIpc) is 2.16. The van der Waals surface area contributed by atoms with Crippen LogP contribution in [0.2, 0.25) is 0 Å². The van der Waals surface area contributed by atoms with E-state index >= 15 is 0 Å². The Balaban J connectivity index is 2.34. The van der Waals surface area contributed by atoms with Gasteiger partial charge in [0.2, 0.25) is 0 Å². The summed E-state index contributed by atoms with van der Waals surface area (Å²) in [6.07, 6.45) is 1.17. The number of Topliss-reactive ketones (excluding diaryl/α,β-unsaturated/α-hetero) is 1. The molecule has 2 heteroatoms. The van der Waals surface area contributed by atoms with Crippen LogP contribution < -0.4 is 5.32 Å². The van der Waals surface area contributed by atoms with Crippen molar-refractivity contribution in [1.82, 2.24) is 5.32 Å². The third kappa shape index (κ3) is 5.08. The van der Waals surface area contributed by atoms with Crippen molar-refractivity contribution in [2.75, 3.05) is 6.54 Å². The highest BCUT2D eigenvalue weighted by Gasteiger charge is 2.04. The minimum Gasteiger partial charge on any atom is -0.314 e. The maximum absolute atomic E-state index is 11.7. The van der Waals surface area contributed by atoms with Gasteiger partial charge in [0, 0.05) is 25.4 Å². The van der Waals surface area contributed by atoms with Gasteiger partial charge in [-0.1, -0.05) is 43.7 Å². The van der Waals surface area contributed by atoms with E-state index in [1.807, 2.05) is 25.1 Å². The highest BCUT2D eigenvalue weighted by Crippen LogP contribution is 2.05. The lowest BCUT2D eigenvalue weighted by Crippen LogP contribution is -2.25. The molecule has 0 saturated heterocycles. The van der Waals surface area contributed by atoms with E-state index in [-0.39, 0.29) is 0 Å². The zero-order chi connectivity index (χ0) is 12.0. The molecule has 88 valence electrons. The lowest BCUT2D eigenvalue weighted by molar-refractivity contribution is -0.118. The van der Waals surface area contributed by atoms with Gasteiger partial charge in [-0.25, -0.2) is 0 Å². The topological polar surface area (TPSA) is 29.1 Å². The molecule has 0 spiro atoms. The molecule has 0 aliphatic heterocycles. The molecular formula is C14H21NO. The maximum atomic E-state index is 11.7. The molecular weight excluding hydrogens is 198 g/mol. The highest BCUT2D eigenvalue weighted by atomic mass is 16.1. The van der Waals surface area contributed by atoms with Gasteiger partial charge in [-0.15, -0.1) is 0 Å². The van der Waals surface area contributed by atoms with Crippen LogP contribution in [0.5, 0.6) is 0 Å². The van der Waals surface area contributed by atoms with Gasteiger partial charge in [-0.3, -0.25) is 4.79 Å². The van der Waals surface area contributed by atoms with Crippen molar-refractivity contribution < 1.29 is 4.79 Å². The fourth-order valence-electron chi connectivity index (χ4n) is 1.64. The summed E-state index contributed by atoms with van der Waals surface area (Å²) in [6, 6.07) is 8.60. The number of carbonyl (C=O) groups excluding carboxylic acids is 1. The summed E-state index contributed by atoms with van der Waals surface area (Å²) < 4.78 is 0. The molecule has 1 aromatic rings. The van der Waals surface area contributed by atoms with Crippen LogP contribution >= 0.6 is 0 Å². The van der Waals surface area contributed by atoms with E-state index in [1.165, 1.54) is 5.56 Å². The number of rotatable bonds is 6. The zero-order valence-electron chi connectivity index (χ0n) is 10.4. The number of aryl methyl sites for hydroxylation is 1. The molecule has 1 rings (SSSR count). The van der Waals surface area contributed by atoms with Crippen molar-refractivity contribution in [3.63, 3.8) is 0 Å². The van der Waals surface area contributed by atoms with E-state index in [0.29, 0.717) is 24.7 Å². The first-order valence-corrected chi connectivity index (χ1v) is 5.88. The monoisotopic (exact) mass is 219 g/mol. The standard InChI is InChI=1S/C14H21NO/c1-11(2)15-8-7-14(16)10-13-6-4-5-12(3)9-13/h4-6,9,11,15H,7-8,10H2,1-3H3. The van der Waals surface area contributed by atoms with E-state index in [1.54, 1.807) is 0 Å². The van der Waals surface area contributed by atoms with Crippen molar-refractivity contribution in [2.45, 2.75) is 39.7 Å². The van der Waals surface area contributed by atoms with Crippen LogP contribution in [0.15, 0.2) is 24.3 Å². The summed E-state index contributed by atoms with van der Waals surface area (Å²) in [6.45, 7) is 7.01. The number of hydrogen-bond donors (Lipinski definition) is 1. The van der Waals surface area contributed by atoms with Crippen molar-refractivity contribution in [1.29, 1.82) is 0 Å². The molecule has 1 aromatic carbocycles. The van der Waals surface area contributed by atoms with Crippen LogP contribution in [0.1, 0.15) is 31.4 Å². The molecule has 2 nitrogen and oxygen atoms in total. The van der Waals surface area contributed by atoms with Crippen molar-refractivity contribution in [3.05, 3.63) is 35.4 Å². The molecule has 0 amide bonds. The quantitative estimate of drug-likeness (QED) is 0.796. The van der Waals surface area contributed by atoms with E-state index in [4.69, 9.17) is 0 Å². The smallest absolute Gasteiger partial charge is 0.138 e. The Morgan fingerprint density at radius 3 is 2.75 bits per heavy atom. The first-order chi connectivity index (χ1) is 7.58. The molecule has 0 aliphatic rings. The molecule has 0 radical (unpaired) electrons. The minimum absolute atomic E-state index is 0.304. The second-order valence-corrected chi connectivity index (χ2v) is 4.56. The molecule has 0 aromatic heterocycles. The van der Waals surface area contributed by atoms with Crippen LogP contribution in [-0.4, -0.2) is 18.4 Å². The first kappa shape index (κ1) is 12.9. The molecule has 0 heterocycles.